The summed E-state index contributed by atoms with van der Waals surface area (Å²) in [5, 5.41) is 0. The molecule has 0 unspecified atom stereocenters. The molecule has 0 aromatic rings. The van der Waals surface area contributed by atoms with Crippen LogP contribution < -0.4 is 0 Å². The van der Waals surface area contributed by atoms with Gasteiger partial charge in [-0.1, -0.05) is 0 Å². The van der Waals surface area contributed by atoms with Crippen LogP contribution in [0, 0.1) is 0 Å². The summed E-state index contributed by atoms with van der Waals surface area (Å²) in [6, 6.07) is 0. The molecule has 0 aromatic carbocycles. The molecule has 7 radical (unpaired) electrons. The second-order valence-electron chi connectivity index (χ2n) is 0. The summed E-state index contributed by atoms with van der Waals surface area (Å²) in [6.07, 6.45) is 0. The Hall–Kier alpha value is 2.99. The van der Waals surface area contributed by atoms with E-state index in [4.69, 9.17) is 0 Å². The van der Waals surface area contributed by atoms with Crippen molar-refractivity contribution in [2.75, 3.05) is 0 Å². The number of hydrogen-bond acceptors (Lipinski definition) is 0. The van der Waals surface area contributed by atoms with Crippen LogP contribution in [0.2, 0.25) is 0 Å². The van der Waals surface area contributed by atoms with E-state index in [0.717, 1.165) is 0 Å². The Balaban J connectivity index is 0. The maximum atomic E-state index is 0. The van der Waals surface area contributed by atoms with Crippen molar-refractivity contribution < 1.29 is 16.5 Å². The first-order valence-electron chi connectivity index (χ1n) is 0. The molecule has 0 aromatic heterocycles. The molecule has 0 spiro atoms. The van der Waals surface area contributed by atoms with Crippen LogP contribution in [0.25, 0.3) is 0 Å². The molecule has 5 heavy (non-hydrogen) atoms. The average Bonchev–Trinajstić information content (AvgIpc) is 0. The van der Waals surface area contributed by atoms with Crippen molar-refractivity contribution in [2.45, 2.75) is 0 Å². The molecule has 0 saturated carbocycles. The van der Waals surface area contributed by atoms with Gasteiger partial charge in [-0.25, -0.2) is 0 Å². The van der Waals surface area contributed by atoms with Gasteiger partial charge >= 0.3 is 0 Å². The Bertz CT molecular complexity index is 9.61. The van der Waals surface area contributed by atoms with Crippen molar-refractivity contribution >= 4 is 78.1 Å². The molecule has 17 valence electrons. The quantitative estimate of drug-likeness (QED) is 0.344. The Morgan fingerprint density at radius 2 is 0.800 bits per heavy atom. The van der Waals surface area contributed by atoms with Crippen LogP contribution in [0.3, 0.4) is 0 Å². The van der Waals surface area contributed by atoms with Crippen LogP contribution >= 0.6 is 0 Å². The monoisotopic (exact) mass is 123 g/mol. The SMILES string of the molecule is [Al].[Li].[Li].[Mg].[Ni]. The molecule has 5 heteroatoms. The first kappa shape index (κ1) is 43.7. The van der Waals surface area contributed by atoms with Gasteiger partial charge in [0.25, 0.3) is 0 Å². The number of rotatable bonds is 0. The summed E-state index contributed by atoms with van der Waals surface area (Å²) in [4.78, 5) is 0. The van der Waals surface area contributed by atoms with Crippen molar-refractivity contribution in [3.05, 3.63) is 0 Å². The number of hydrogen-bond donors (Lipinski definition) is 0. The van der Waals surface area contributed by atoms with Crippen LogP contribution in [-0.4, -0.2) is 78.1 Å². The Labute approximate surface area is 93.2 Å². The third-order valence-corrected chi connectivity index (χ3v) is 0. The van der Waals surface area contributed by atoms with Gasteiger partial charge in [0.2, 0.25) is 0 Å². The fourth-order valence-corrected chi connectivity index (χ4v) is 0. The van der Waals surface area contributed by atoms with E-state index >= 15 is 0 Å². The predicted octanol–water partition coefficient (Wildman–Crippen LogP) is -1.53. The van der Waals surface area contributed by atoms with Gasteiger partial charge in [0.05, 0.1) is 0 Å². The third kappa shape index (κ3) is 19.5. The van der Waals surface area contributed by atoms with Crippen molar-refractivity contribution in [3.63, 3.8) is 0 Å². The van der Waals surface area contributed by atoms with Gasteiger partial charge in [0.15, 0.2) is 0 Å². The van der Waals surface area contributed by atoms with E-state index in [1.807, 2.05) is 0 Å². The van der Waals surface area contributed by atoms with E-state index in [0.29, 0.717) is 0 Å². The summed E-state index contributed by atoms with van der Waals surface area (Å²) in [6.45, 7) is 0. The normalized spacial score (nSPS) is 0. The topological polar surface area (TPSA) is 0 Å². The Kier molecular flexibility index (Phi) is 245. The molecule has 0 nitrogen and oxygen atoms in total. The molecule has 0 amide bonds. The van der Waals surface area contributed by atoms with Gasteiger partial charge in [-0.05, 0) is 0 Å². The summed E-state index contributed by atoms with van der Waals surface area (Å²) >= 11 is 0. The summed E-state index contributed by atoms with van der Waals surface area (Å²) in [5.41, 5.74) is 0. The van der Waals surface area contributed by atoms with Gasteiger partial charge < -0.3 is 0 Å². The summed E-state index contributed by atoms with van der Waals surface area (Å²) in [5.74, 6) is 0. The minimum atomic E-state index is 0. The molecule has 0 atom stereocenters. The van der Waals surface area contributed by atoms with Gasteiger partial charge in [0, 0.05) is 94.6 Å². The maximum absolute atomic E-state index is 0. The molecule has 0 rings (SSSR count). The van der Waals surface area contributed by atoms with Gasteiger partial charge in [-0.15, -0.1) is 0 Å². The zero-order valence-electron chi connectivity index (χ0n) is 3.60. The van der Waals surface area contributed by atoms with E-state index in [2.05, 4.69) is 0 Å². The Morgan fingerprint density at radius 1 is 0.800 bits per heavy atom. The van der Waals surface area contributed by atoms with Crippen molar-refractivity contribution in [1.82, 2.24) is 0 Å². The smallest absolute Gasteiger partial charge is 0 e. The molecular weight excluding hydrogens is 124 g/mol. The molecule has 0 aliphatic heterocycles. The first-order valence-corrected chi connectivity index (χ1v) is 0. The molecule has 0 fully saturated rings. The minimum Gasteiger partial charge on any atom is 0 e. The summed E-state index contributed by atoms with van der Waals surface area (Å²) < 4.78 is 0. The minimum absolute atomic E-state index is 0. The first-order chi connectivity index (χ1) is 0. The average molecular weight is 124 g/mol. The second kappa shape index (κ2) is 28.1. The van der Waals surface area contributed by atoms with Crippen molar-refractivity contribution in [3.8, 4) is 0 Å². The van der Waals surface area contributed by atoms with E-state index in [1.165, 1.54) is 0 Å². The molecular formula is AlLi2MgNi. The Morgan fingerprint density at radius 3 is 0.800 bits per heavy atom. The fourth-order valence-electron chi connectivity index (χ4n) is 0. The van der Waals surface area contributed by atoms with Crippen LogP contribution in [0.1, 0.15) is 0 Å². The zero-order chi connectivity index (χ0) is 0. The van der Waals surface area contributed by atoms with E-state index < -0.39 is 0 Å². The standard InChI is InChI=1S/Al.2Li.Mg.Ni. The molecule has 0 saturated heterocycles. The van der Waals surface area contributed by atoms with Gasteiger partial charge in [-0.3, -0.25) is 0 Å². The third-order valence-electron chi connectivity index (χ3n) is 0. The van der Waals surface area contributed by atoms with Gasteiger partial charge in [-0.2, -0.15) is 0 Å². The van der Waals surface area contributed by atoms with Crippen molar-refractivity contribution in [2.24, 2.45) is 0 Å². The maximum Gasteiger partial charge on any atom is 0 e. The molecule has 0 heterocycles. The molecule has 0 N–H and O–H groups in total. The summed E-state index contributed by atoms with van der Waals surface area (Å²) in [7, 11) is 0. The zero-order valence-corrected chi connectivity index (χ0v) is 7.16. The van der Waals surface area contributed by atoms with E-state index in [-0.39, 0.29) is 94.6 Å². The molecule has 0 aliphatic carbocycles. The molecule has 0 bridgehead atoms. The van der Waals surface area contributed by atoms with Crippen LogP contribution in [-0.2, 0) is 16.5 Å². The largest absolute Gasteiger partial charge is 0 e. The van der Waals surface area contributed by atoms with Gasteiger partial charge in [0.1, 0.15) is 0 Å². The van der Waals surface area contributed by atoms with Crippen molar-refractivity contribution in [1.29, 1.82) is 0 Å². The van der Waals surface area contributed by atoms with E-state index in [9.17, 15) is 0 Å². The van der Waals surface area contributed by atoms with Crippen LogP contribution in [0.5, 0.6) is 0 Å². The van der Waals surface area contributed by atoms with Crippen LogP contribution in [0.4, 0.5) is 0 Å². The van der Waals surface area contributed by atoms with Crippen LogP contribution in [0.15, 0.2) is 0 Å². The molecule has 0 aliphatic rings. The fraction of sp³-hybridized carbons (Fsp3) is 0. The second-order valence-corrected chi connectivity index (χ2v) is 0. The predicted molar refractivity (Wildman–Crippen MR) is 23.0 cm³/mol. The van der Waals surface area contributed by atoms with E-state index in [1.54, 1.807) is 0 Å².